The molecule has 2 aromatic rings. The van der Waals surface area contributed by atoms with Crippen LogP contribution >= 0.6 is 0 Å². The molecule has 2 aromatic carbocycles. The Bertz CT molecular complexity index is 1170. The summed E-state index contributed by atoms with van der Waals surface area (Å²) in [5.74, 6) is -5.86. The fourth-order valence-corrected chi connectivity index (χ4v) is 2.85. The Morgan fingerprint density at radius 2 is 0.755 bits per heavy atom. The summed E-state index contributed by atoms with van der Waals surface area (Å²) in [6.07, 6.45) is 5.82. The molecule has 0 aliphatic heterocycles. The van der Waals surface area contributed by atoms with Crippen LogP contribution in [-0.2, 0) is 9.59 Å². The van der Waals surface area contributed by atoms with E-state index in [1.165, 1.54) is 42.5 Å². The normalized spacial score (nSPS) is 9.76. The van der Waals surface area contributed by atoms with Crippen molar-refractivity contribution in [1.82, 2.24) is 0 Å². The highest BCUT2D eigenvalue weighted by Gasteiger charge is 2.13. The van der Waals surface area contributed by atoms with Gasteiger partial charge in [0, 0.05) is 18.3 Å². The fraction of sp³-hybridized carbons (Fsp3) is 0.455. The van der Waals surface area contributed by atoms with Crippen LogP contribution in [-0.4, -0.2) is 113 Å². The van der Waals surface area contributed by atoms with E-state index in [9.17, 15) is 28.8 Å². The van der Waals surface area contributed by atoms with Gasteiger partial charge in [-0.25, -0.2) is 19.2 Å². The number of benzene rings is 2. The van der Waals surface area contributed by atoms with Gasteiger partial charge in [0.05, 0.1) is 48.7 Å². The molecule has 0 aromatic heterocycles. The fourth-order valence-electron chi connectivity index (χ4n) is 2.85. The molecule has 276 valence electrons. The zero-order valence-electron chi connectivity index (χ0n) is 27.5. The summed E-state index contributed by atoms with van der Waals surface area (Å²) in [5.41, 5.74) is -0.176. The first kappa shape index (κ1) is 48.5. The van der Waals surface area contributed by atoms with E-state index < -0.39 is 35.8 Å². The van der Waals surface area contributed by atoms with Gasteiger partial charge >= 0.3 is 35.8 Å². The first-order valence-corrected chi connectivity index (χ1v) is 14.9. The van der Waals surface area contributed by atoms with E-state index in [1.807, 2.05) is 0 Å². The number of aliphatic carboxylic acids is 2. The van der Waals surface area contributed by atoms with Crippen molar-refractivity contribution in [1.29, 1.82) is 0 Å². The second kappa shape index (κ2) is 29.3. The van der Waals surface area contributed by atoms with E-state index >= 15 is 0 Å². The van der Waals surface area contributed by atoms with Gasteiger partial charge in [-0.3, -0.25) is 9.59 Å². The van der Waals surface area contributed by atoms with Crippen LogP contribution in [0.15, 0.2) is 48.5 Å². The zero-order valence-corrected chi connectivity index (χ0v) is 27.5. The highest BCUT2D eigenvalue weighted by Crippen LogP contribution is 2.10. The number of carboxylic acids is 6. The summed E-state index contributed by atoms with van der Waals surface area (Å²) in [7, 11) is 0. The average Bonchev–Trinajstić information content (AvgIpc) is 3.06. The Morgan fingerprint density at radius 1 is 0.469 bits per heavy atom. The Kier molecular flexibility index (Phi) is 29.0. The molecule has 0 bridgehead atoms. The Labute approximate surface area is 283 Å². The van der Waals surface area contributed by atoms with Crippen molar-refractivity contribution >= 4 is 35.8 Å². The Morgan fingerprint density at radius 3 is 0.959 bits per heavy atom. The lowest BCUT2D eigenvalue weighted by atomic mass is 9.97. The maximum absolute atomic E-state index is 10.4. The van der Waals surface area contributed by atoms with Crippen molar-refractivity contribution in [3.8, 4) is 0 Å². The maximum atomic E-state index is 10.4. The first-order chi connectivity index (χ1) is 22.9. The predicted molar refractivity (Wildman–Crippen MR) is 175 cm³/mol. The number of rotatable bonds is 16. The van der Waals surface area contributed by atoms with Gasteiger partial charge in [0.15, 0.2) is 0 Å². The monoisotopic (exact) mass is 700 g/mol. The second-order valence-corrected chi connectivity index (χ2v) is 10.7. The molecule has 0 spiro atoms. The lowest BCUT2D eigenvalue weighted by molar-refractivity contribution is -0.138. The van der Waals surface area contributed by atoms with E-state index in [1.54, 1.807) is 13.8 Å². The SMILES string of the molecule is CC(C)(CO)CO.O=C(O)CCCCCCCCC(=O)O.O=C(O)c1ccc(C(=O)O)cc1.O=C(O)c1cccc(C(=O)O)c1.OCCO. The standard InChI is InChI=1S/C10H18O4.2C8H6O4.C5H12O2.C2H6O2/c11-9(12)7-5-3-1-2-4-6-8-10(13)14;9-7(10)5-1-2-6(4-3-5)8(11)12;9-7(10)5-2-1-3-6(4-5)8(11)12;1-5(2,3-6)4-7;3-1-2-4/h1-8H2,(H,11,12)(H,13,14);2*1-4H,(H,9,10)(H,11,12);6-7H,3-4H2,1-2H3;3-4H,1-2H2. The van der Waals surface area contributed by atoms with E-state index in [-0.39, 0.29) is 66.9 Å². The van der Waals surface area contributed by atoms with Gasteiger partial charge in [-0.15, -0.1) is 0 Å². The van der Waals surface area contributed by atoms with Crippen LogP contribution in [0.3, 0.4) is 0 Å². The molecular weight excluding hydrogens is 652 g/mol. The predicted octanol–water partition coefficient (Wildman–Crippen LogP) is 3.41. The number of hydrogen-bond donors (Lipinski definition) is 10. The second-order valence-electron chi connectivity index (χ2n) is 10.7. The van der Waals surface area contributed by atoms with Crippen molar-refractivity contribution in [3.05, 3.63) is 70.8 Å². The lowest BCUT2D eigenvalue weighted by Crippen LogP contribution is -2.20. The molecule has 0 aliphatic carbocycles. The molecule has 0 radical (unpaired) electrons. The largest absolute Gasteiger partial charge is 0.481 e. The van der Waals surface area contributed by atoms with E-state index in [4.69, 9.17) is 51.1 Å². The van der Waals surface area contributed by atoms with Gasteiger partial charge in [-0.05, 0) is 55.3 Å². The number of unbranched alkanes of at least 4 members (excludes halogenated alkanes) is 5. The summed E-state index contributed by atoms with van der Waals surface area (Å²) in [4.78, 5) is 61.7. The van der Waals surface area contributed by atoms with E-state index in [2.05, 4.69) is 0 Å². The number of carboxylic acid groups (broad SMARTS) is 6. The van der Waals surface area contributed by atoms with Crippen molar-refractivity contribution < 1.29 is 79.8 Å². The van der Waals surface area contributed by atoms with Gasteiger partial charge in [0.25, 0.3) is 0 Å². The van der Waals surface area contributed by atoms with Gasteiger partial charge in [-0.1, -0.05) is 45.6 Å². The molecule has 0 fully saturated rings. The summed E-state index contributed by atoms with van der Waals surface area (Å²) >= 11 is 0. The number of aliphatic hydroxyl groups is 4. The van der Waals surface area contributed by atoms with Crippen molar-refractivity contribution in [2.75, 3.05) is 26.4 Å². The third-order valence-electron chi connectivity index (χ3n) is 5.72. The third kappa shape index (κ3) is 30.2. The van der Waals surface area contributed by atoms with Crippen LogP contribution in [0.2, 0.25) is 0 Å². The summed E-state index contributed by atoms with van der Waals surface area (Å²) in [6, 6.07) is 10.2. The highest BCUT2D eigenvalue weighted by atomic mass is 16.4. The topological polar surface area (TPSA) is 305 Å². The number of aliphatic hydroxyl groups excluding tert-OH is 4. The number of hydrogen-bond acceptors (Lipinski definition) is 10. The molecule has 16 nitrogen and oxygen atoms in total. The average molecular weight is 701 g/mol. The van der Waals surface area contributed by atoms with E-state index in [0.717, 1.165) is 44.6 Å². The number of aromatic carboxylic acids is 4. The molecule has 0 atom stereocenters. The molecule has 16 heteroatoms. The minimum atomic E-state index is -1.13. The molecule has 49 heavy (non-hydrogen) atoms. The highest BCUT2D eigenvalue weighted by molar-refractivity contribution is 5.93. The van der Waals surface area contributed by atoms with Crippen LogP contribution in [0.1, 0.15) is 107 Å². The molecule has 0 saturated carbocycles. The zero-order chi connectivity index (χ0) is 38.4. The maximum Gasteiger partial charge on any atom is 0.335 e. The molecule has 0 heterocycles. The molecular formula is C33H48O16. The molecule has 0 unspecified atom stereocenters. The smallest absolute Gasteiger partial charge is 0.335 e. The summed E-state index contributed by atoms with van der Waals surface area (Å²) in [6.45, 7) is 3.44. The molecule has 10 N–H and O–H groups in total. The Hall–Kier alpha value is -4.90. The van der Waals surface area contributed by atoms with Crippen LogP contribution in [0, 0.1) is 5.41 Å². The molecule has 0 aliphatic rings. The quantitative estimate of drug-likeness (QED) is 0.112. The molecule has 0 saturated heterocycles. The van der Waals surface area contributed by atoms with Crippen LogP contribution in [0.25, 0.3) is 0 Å². The van der Waals surface area contributed by atoms with Crippen LogP contribution in [0.4, 0.5) is 0 Å². The van der Waals surface area contributed by atoms with Crippen LogP contribution < -0.4 is 0 Å². The van der Waals surface area contributed by atoms with Gasteiger partial charge in [0.1, 0.15) is 0 Å². The van der Waals surface area contributed by atoms with Gasteiger partial charge in [0.2, 0.25) is 0 Å². The van der Waals surface area contributed by atoms with Gasteiger partial charge < -0.3 is 51.1 Å². The minimum Gasteiger partial charge on any atom is -0.481 e. The van der Waals surface area contributed by atoms with Crippen molar-refractivity contribution in [2.45, 2.75) is 65.2 Å². The van der Waals surface area contributed by atoms with Gasteiger partial charge in [-0.2, -0.15) is 0 Å². The van der Waals surface area contributed by atoms with Crippen LogP contribution in [0.5, 0.6) is 0 Å². The summed E-state index contributed by atoms with van der Waals surface area (Å²) < 4.78 is 0. The summed E-state index contributed by atoms with van der Waals surface area (Å²) in [5, 5.41) is 82.7. The van der Waals surface area contributed by atoms with Crippen molar-refractivity contribution in [2.24, 2.45) is 5.41 Å². The molecule has 2 rings (SSSR count). The third-order valence-corrected chi connectivity index (χ3v) is 5.72. The van der Waals surface area contributed by atoms with Crippen molar-refractivity contribution in [3.63, 3.8) is 0 Å². The lowest BCUT2D eigenvalue weighted by Gasteiger charge is -2.16. The molecule has 0 amide bonds. The van der Waals surface area contributed by atoms with E-state index in [0.29, 0.717) is 0 Å². The minimum absolute atomic E-state index is 0.0186. The first-order valence-electron chi connectivity index (χ1n) is 14.9. The number of carbonyl (C=O) groups is 6. The Balaban J connectivity index is -0.000000566.